The number of hydrogen-bond donors (Lipinski definition) is 1. The summed E-state index contributed by atoms with van der Waals surface area (Å²) in [5, 5.41) is 12.8. The average Bonchev–Trinajstić information content (AvgIpc) is 3.33. The topological polar surface area (TPSA) is 98.5 Å². The first-order valence-electron chi connectivity index (χ1n) is 11.5. The van der Waals surface area contributed by atoms with Crippen LogP contribution in [0.4, 0.5) is 0 Å². The number of carbonyl (C=O) groups is 2. The molecule has 0 spiro atoms. The molecule has 1 aliphatic carbocycles. The lowest BCUT2D eigenvalue weighted by Crippen LogP contribution is -2.35. The SMILES string of the molecule is COc1cccc(C(=O)O)c1-n1c2c(cc(-c3nc(-c4ccc(Cl)cc4)cs3)c1=O)C(=O)CC(C)(C)C2. The standard InChI is InChI=1S/C28H23ClN2O5S/c1-28(2)12-21-18(22(32)13-28)11-19(25-30-20(14-37-25)15-7-9-16(29)10-8-15)26(33)31(21)24-17(27(34)35)5-4-6-23(24)36-3/h4-11,14H,12-13H2,1-3H3,(H,34,35). The van der Waals surface area contributed by atoms with E-state index in [9.17, 15) is 19.5 Å². The number of fused-ring (bicyclic) bond motifs is 1. The van der Waals surface area contributed by atoms with E-state index in [-0.39, 0.29) is 28.3 Å². The second kappa shape index (κ2) is 9.28. The van der Waals surface area contributed by atoms with Crippen LogP contribution < -0.4 is 10.3 Å². The van der Waals surface area contributed by atoms with E-state index < -0.39 is 16.9 Å². The van der Waals surface area contributed by atoms with E-state index in [1.54, 1.807) is 30.3 Å². The summed E-state index contributed by atoms with van der Waals surface area (Å²) in [5.41, 5.74) is 1.70. The maximum atomic E-state index is 14.1. The van der Waals surface area contributed by atoms with Crippen LogP contribution in [0, 0.1) is 5.41 Å². The van der Waals surface area contributed by atoms with Crippen LogP contribution in [0.1, 0.15) is 46.7 Å². The summed E-state index contributed by atoms with van der Waals surface area (Å²) >= 11 is 7.29. The van der Waals surface area contributed by atoms with Crippen LogP contribution in [0.15, 0.2) is 58.7 Å². The zero-order valence-corrected chi connectivity index (χ0v) is 21.9. The highest BCUT2D eigenvalue weighted by Crippen LogP contribution is 2.39. The maximum Gasteiger partial charge on any atom is 0.337 e. The van der Waals surface area contributed by atoms with Crippen LogP contribution in [-0.4, -0.2) is 33.5 Å². The third-order valence-corrected chi connectivity index (χ3v) is 7.56. The van der Waals surface area contributed by atoms with Crippen molar-refractivity contribution in [1.29, 1.82) is 0 Å². The number of carboxylic acid groups (broad SMARTS) is 1. The first-order valence-corrected chi connectivity index (χ1v) is 12.8. The van der Waals surface area contributed by atoms with Gasteiger partial charge in [-0.2, -0.15) is 0 Å². The molecule has 4 aromatic rings. The van der Waals surface area contributed by atoms with Crippen LogP contribution >= 0.6 is 22.9 Å². The Balaban J connectivity index is 1.81. The lowest BCUT2D eigenvalue weighted by atomic mass is 9.75. The average molecular weight is 535 g/mol. The summed E-state index contributed by atoms with van der Waals surface area (Å²) in [4.78, 5) is 44.4. The number of aromatic nitrogens is 2. The predicted molar refractivity (Wildman–Crippen MR) is 144 cm³/mol. The van der Waals surface area contributed by atoms with Crippen molar-refractivity contribution in [2.45, 2.75) is 26.7 Å². The highest BCUT2D eigenvalue weighted by molar-refractivity contribution is 7.13. The summed E-state index contributed by atoms with van der Waals surface area (Å²) in [5.74, 6) is -1.10. The number of Topliss-reactive ketones (excluding diaryl/α,β-unsaturated/α-hetero) is 1. The molecule has 0 atom stereocenters. The summed E-state index contributed by atoms with van der Waals surface area (Å²) in [6.07, 6.45) is 0.720. The molecule has 5 rings (SSSR count). The number of carbonyl (C=O) groups excluding carboxylic acids is 1. The lowest BCUT2D eigenvalue weighted by molar-refractivity contribution is 0.0696. The molecule has 2 aromatic carbocycles. The number of rotatable bonds is 5. The van der Waals surface area contributed by atoms with E-state index in [1.807, 2.05) is 31.4 Å². The quantitative estimate of drug-likeness (QED) is 0.330. The van der Waals surface area contributed by atoms with Crippen molar-refractivity contribution in [2.75, 3.05) is 7.11 Å². The number of ether oxygens (including phenoxy) is 1. The van der Waals surface area contributed by atoms with Crippen molar-refractivity contribution in [3.63, 3.8) is 0 Å². The number of aromatic carboxylic acids is 1. The molecule has 0 saturated heterocycles. The van der Waals surface area contributed by atoms with E-state index in [0.29, 0.717) is 39.8 Å². The first kappa shape index (κ1) is 24.9. The summed E-state index contributed by atoms with van der Waals surface area (Å²) < 4.78 is 6.84. The molecule has 0 fully saturated rings. The van der Waals surface area contributed by atoms with Crippen molar-refractivity contribution in [1.82, 2.24) is 9.55 Å². The van der Waals surface area contributed by atoms with Crippen molar-refractivity contribution < 1.29 is 19.4 Å². The highest BCUT2D eigenvalue weighted by Gasteiger charge is 2.36. The monoisotopic (exact) mass is 534 g/mol. The minimum Gasteiger partial charge on any atom is -0.495 e. The van der Waals surface area contributed by atoms with Crippen LogP contribution in [0.2, 0.25) is 5.02 Å². The summed E-state index contributed by atoms with van der Waals surface area (Å²) in [6, 6.07) is 13.4. The number of nitrogens with zero attached hydrogens (tertiary/aromatic N) is 2. The van der Waals surface area contributed by atoms with Gasteiger partial charge in [0, 0.05) is 33.6 Å². The number of ketones is 1. The van der Waals surface area contributed by atoms with E-state index in [4.69, 9.17) is 16.3 Å². The Bertz CT molecular complexity index is 1620. The third kappa shape index (κ3) is 4.47. The number of thiazole rings is 1. The smallest absolute Gasteiger partial charge is 0.337 e. The fourth-order valence-corrected chi connectivity index (χ4v) is 5.71. The van der Waals surface area contributed by atoms with Gasteiger partial charge < -0.3 is 9.84 Å². The number of benzene rings is 2. The summed E-state index contributed by atoms with van der Waals surface area (Å²) in [6.45, 7) is 3.91. The van der Waals surface area contributed by atoms with Crippen LogP contribution in [-0.2, 0) is 6.42 Å². The normalized spacial score (nSPS) is 14.3. The van der Waals surface area contributed by atoms with Crippen molar-refractivity contribution in [3.05, 3.63) is 86.1 Å². The number of para-hydroxylation sites is 1. The molecule has 0 amide bonds. The second-order valence-electron chi connectivity index (χ2n) is 9.71. The Morgan fingerprint density at radius 1 is 1.11 bits per heavy atom. The molecule has 1 aliphatic rings. The van der Waals surface area contributed by atoms with Crippen LogP contribution in [0.25, 0.3) is 27.5 Å². The van der Waals surface area contributed by atoms with Crippen molar-refractivity contribution >= 4 is 34.7 Å². The molecular weight excluding hydrogens is 512 g/mol. The Morgan fingerprint density at radius 2 is 1.84 bits per heavy atom. The van der Waals surface area contributed by atoms with Gasteiger partial charge in [-0.25, -0.2) is 9.78 Å². The zero-order chi connectivity index (χ0) is 26.5. The fourth-order valence-electron chi connectivity index (χ4n) is 4.74. The third-order valence-electron chi connectivity index (χ3n) is 6.44. The minimum absolute atomic E-state index is 0.0978. The van der Waals surface area contributed by atoms with E-state index >= 15 is 0 Å². The molecule has 9 heteroatoms. The van der Waals surface area contributed by atoms with Gasteiger partial charge in [-0.05, 0) is 42.2 Å². The zero-order valence-electron chi connectivity index (χ0n) is 20.4. The van der Waals surface area contributed by atoms with Crippen LogP contribution in [0.5, 0.6) is 5.75 Å². The van der Waals surface area contributed by atoms with Crippen LogP contribution in [0.3, 0.4) is 0 Å². The number of carboxylic acids is 1. The molecule has 0 bridgehead atoms. The van der Waals surface area contributed by atoms with Gasteiger partial charge >= 0.3 is 5.97 Å². The van der Waals surface area contributed by atoms with Gasteiger partial charge in [0.1, 0.15) is 16.4 Å². The molecule has 7 nitrogen and oxygen atoms in total. The molecule has 0 saturated carbocycles. The fraction of sp³-hybridized carbons (Fsp3) is 0.214. The second-order valence-corrected chi connectivity index (χ2v) is 11.0. The Morgan fingerprint density at radius 3 is 2.51 bits per heavy atom. The molecular formula is C28H23ClN2O5S. The number of halogens is 1. The van der Waals surface area contributed by atoms with E-state index in [1.165, 1.54) is 29.1 Å². The van der Waals surface area contributed by atoms with Crippen molar-refractivity contribution in [2.24, 2.45) is 5.41 Å². The largest absolute Gasteiger partial charge is 0.495 e. The molecule has 37 heavy (non-hydrogen) atoms. The van der Waals surface area contributed by atoms with E-state index in [2.05, 4.69) is 4.98 Å². The molecule has 1 N–H and O–H groups in total. The Labute approximate surface area is 222 Å². The lowest BCUT2D eigenvalue weighted by Gasteiger charge is -2.32. The van der Waals surface area contributed by atoms with Gasteiger partial charge in [0.2, 0.25) is 0 Å². The molecule has 0 aliphatic heterocycles. The van der Waals surface area contributed by atoms with Gasteiger partial charge in [0.25, 0.3) is 5.56 Å². The van der Waals surface area contributed by atoms with Gasteiger partial charge in [-0.3, -0.25) is 14.2 Å². The van der Waals surface area contributed by atoms with Gasteiger partial charge in [-0.15, -0.1) is 11.3 Å². The Hall–Kier alpha value is -3.75. The Kier molecular flexibility index (Phi) is 6.25. The number of hydrogen-bond acceptors (Lipinski definition) is 6. The van der Waals surface area contributed by atoms with Gasteiger partial charge in [0.15, 0.2) is 5.78 Å². The number of pyridine rings is 1. The molecule has 0 radical (unpaired) electrons. The molecule has 188 valence electrons. The first-order chi connectivity index (χ1) is 17.6. The molecule has 0 unspecified atom stereocenters. The van der Waals surface area contributed by atoms with Gasteiger partial charge in [0.05, 0.1) is 23.9 Å². The van der Waals surface area contributed by atoms with E-state index in [0.717, 1.165) is 5.56 Å². The minimum atomic E-state index is -1.21. The van der Waals surface area contributed by atoms with Gasteiger partial charge in [-0.1, -0.05) is 43.6 Å². The molecule has 2 heterocycles. The predicted octanol–water partition coefficient (Wildman–Crippen LogP) is 6.14. The molecule has 2 aromatic heterocycles. The summed E-state index contributed by atoms with van der Waals surface area (Å²) in [7, 11) is 1.42. The van der Waals surface area contributed by atoms with Crippen molar-refractivity contribution in [3.8, 4) is 33.3 Å². The highest BCUT2D eigenvalue weighted by atomic mass is 35.5. The maximum absolute atomic E-state index is 14.1. The number of methoxy groups -OCH3 is 1.